The molecule has 1 rings (SSSR count). The van der Waals surface area contributed by atoms with Gasteiger partial charge in [-0.2, -0.15) is 0 Å². The Hall–Kier alpha value is -1.05. The van der Waals surface area contributed by atoms with Gasteiger partial charge in [0.25, 0.3) is 0 Å². The van der Waals surface area contributed by atoms with Crippen LogP contribution in [-0.4, -0.2) is 28.4 Å². The Morgan fingerprint density at radius 1 is 1.50 bits per heavy atom. The Labute approximate surface area is 72.0 Å². The van der Waals surface area contributed by atoms with Gasteiger partial charge in [-0.15, -0.1) is 0 Å². The predicted octanol–water partition coefficient (Wildman–Crippen LogP) is -0.205. The molecular weight excluding hydrogens is 183 g/mol. The molecule has 5 nitrogen and oxygen atoms in total. The molecule has 0 bridgehead atoms. The molecule has 0 aliphatic carbocycles. The van der Waals surface area contributed by atoms with Crippen LogP contribution in [0.25, 0.3) is 0 Å². The molecule has 0 saturated heterocycles. The molecule has 64 valence electrons. The lowest BCUT2D eigenvalue weighted by molar-refractivity contribution is 0.0702. The molecule has 0 saturated carbocycles. The van der Waals surface area contributed by atoms with Crippen LogP contribution >= 0.6 is 11.3 Å². The monoisotopic (exact) mass is 188 g/mol. The molecule has 0 fully saturated rings. The first-order valence-corrected chi connectivity index (χ1v) is 3.77. The summed E-state index contributed by atoms with van der Waals surface area (Å²) < 4.78 is 4.41. The predicted molar refractivity (Wildman–Crippen MR) is 42.1 cm³/mol. The first-order chi connectivity index (χ1) is 5.59. The van der Waals surface area contributed by atoms with Crippen LogP contribution < -0.4 is 4.65 Å². The van der Waals surface area contributed by atoms with Gasteiger partial charge in [0.2, 0.25) is 0 Å². The van der Waals surface area contributed by atoms with Gasteiger partial charge in [-0.1, -0.05) is 11.3 Å². The lowest BCUT2D eigenvalue weighted by Gasteiger charge is -1.97. The quantitative estimate of drug-likeness (QED) is 0.571. The minimum absolute atomic E-state index is 0.0886. The zero-order valence-electron chi connectivity index (χ0n) is 5.80. The normalized spacial score (nSPS) is 9.50. The van der Waals surface area contributed by atoms with Crippen molar-refractivity contribution in [2.75, 3.05) is 0 Å². The third kappa shape index (κ3) is 2.23. The average Bonchev–Trinajstić information content (AvgIpc) is 2.34. The fourth-order valence-corrected chi connectivity index (χ4v) is 1.31. The Morgan fingerprint density at radius 3 is 2.58 bits per heavy atom. The van der Waals surface area contributed by atoms with E-state index in [2.05, 4.69) is 4.65 Å². The highest BCUT2D eigenvalue weighted by Gasteiger charge is 2.14. The van der Waals surface area contributed by atoms with Gasteiger partial charge in [0.05, 0.1) is 0 Å². The molecular formula is C5H5BO5S. The molecule has 1 heterocycles. The van der Waals surface area contributed by atoms with Crippen molar-refractivity contribution < 1.29 is 24.6 Å². The number of carboxylic acid groups (broad SMARTS) is 1. The van der Waals surface area contributed by atoms with Gasteiger partial charge in [-0.05, 0) is 12.1 Å². The van der Waals surface area contributed by atoms with Gasteiger partial charge in [-0.3, -0.25) is 0 Å². The van der Waals surface area contributed by atoms with Gasteiger partial charge in [0, 0.05) is 0 Å². The summed E-state index contributed by atoms with van der Waals surface area (Å²) in [4.78, 5) is 10.4. The zero-order valence-corrected chi connectivity index (χ0v) is 6.61. The number of carboxylic acids is 1. The molecule has 0 unspecified atom stereocenters. The standard InChI is InChI=1S/C5H5BO5S/c7-5(8)3-1-2-4(12-3)11-6(9)10/h1-2,9-10H,(H,7,8). The van der Waals surface area contributed by atoms with Crippen molar-refractivity contribution >= 4 is 24.6 Å². The van der Waals surface area contributed by atoms with E-state index in [1.54, 1.807) is 0 Å². The Balaban J connectivity index is 2.71. The highest BCUT2D eigenvalue weighted by atomic mass is 32.1. The molecule has 1 aromatic heterocycles. The number of carbonyl (C=O) groups is 1. The summed E-state index contributed by atoms with van der Waals surface area (Å²) in [5, 5.41) is 25.3. The number of thiophene rings is 1. The van der Waals surface area contributed by atoms with Crippen molar-refractivity contribution in [2.45, 2.75) is 0 Å². The summed E-state index contributed by atoms with van der Waals surface area (Å²) in [7, 11) is -1.91. The fraction of sp³-hybridized carbons (Fsp3) is 0. The molecule has 0 aliphatic heterocycles. The molecule has 0 aliphatic rings. The maximum absolute atomic E-state index is 10.3. The van der Waals surface area contributed by atoms with E-state index in [9.17, 15) is 4.79 Å². The van der Waals surface area contributed by atoms with Crippen molar-refractivity contribution in [1.82, 2.24) is 0 Å². The van der Waals surface area contributed by atoms with E-state index in [0.717, 1.165) is 11.3 Å². The van der Waals surface area contributed by atoms with Crippen LogP contribution in [-0.2, 0) is 0 Å². The van der Waals surface area contributed by atoms with Crippen LogP contribution in [0.2, 0.25) is 0 Å². The smallest absolute Gasteiger partial charge is 0.504 e. The van der Waals surface area contributed by atoms with Crippen molar-refractivity contribution in [3.05, 3.63) is 17.0 Å². The van der Waals surface area contributed by atoms with Crippen LogP contribution in [0.4, 0.5) is 0 Å². The summed E-state index contributed by atoms with van der Waals surface area (Å²) in [6, 6.07) is 2.68. The van der Waals surface area contributed by atoms with E-state index in [4.69, 9.17) is 15.2 Å². The SMILES string of the molecule is O=C(O)c1ccc(OB(O)O)s1. The molecule has 0 radical (unpaired) electrons. The van der Waals surface area contributed by atoms with E-state index in [0.29, 0.717) is 0 Å². The van der Waals surface area contributed by atoms with Crippen LogP contribution in [0, 0.1) is 0 Å². The lowest BCUT2D eigenvalue weighted by Crippen LogP contribution is -2.19. The van der Waals surface area contributed by atoms with E-state index >= 15 is 0 Å². The van der Waals surface area contributed by atoms with Crippen LogP contribution in [0.5, 0.6) is 5.06 Å². The summed E-state index contributed by atoms with van der Waals surface area (Å²) >= 11 is 0.828. The van der Waals surface area contributed by atoms with Gasteiger partial charge < -0.3 is 19.8 Å². The Kier molecular flexibility index (Phi) is 2.69. The molecule has 0 atom stereocenters. The Bertz CT molecular complexity index is 283. The number of hydrogen-bond acceptors (Lipinski definition) is 5. The first kappa shape index (κ1) is 9.05. The topological polar surface area (TPSA) is 87.0 Å². The molecule has 1 aromatic rings. The average molecular weight is 188 g/mol. The second kappa shape index (κ2) is 3.57. The summed E-state index contributed by atoms with van der Waals surface area (Å²) in [6.07, 6.45) is 0. The van der Waals surface area contributed by atoms with E-state index < -0.39 is 13.3 Å². The summed E-state index contributed by atoms with van der Waals surface area (Å²) in [5.74, 6) is -1.07. The number of aromatic carboxylic acids is 1. The second-order valence-electron chi connectivity index (χ2n) is 1.87. The van der Waals surface area contributed by atoms with E-state index in [1.165, 1.54) is 12.1 Å². The molecule has 3 N–H and O–H groups in total. The summed E-state index contributed by atoms with van der Waals surface area (Å²) in [5.41, 5.74) is 0. The van der Waals surface area contributed by atoms with Crippen LogP contribution in [0.3, 0.4) is 0 Å². The molecule has 0 aromatic carbocycles. The maximum Gasteiger partial charge on any atom is 0.708 e. The third-order valence-corrected chi connectivity index (χ3v) is 1.98. The highest BCUT2D eigenvalue weighted by molar-refractivity contribution is 7.15. The largest absolute Gasteiger partial charge is 0.708 e. The van der Waals surface area contributed by atoms with Crippen molar-refractivity contribution in [2.24, 2.45) is 0 Å². The molecule has 0 amide bonds. The maximum atomic E-state index is 10.3. The van der Waals surface area contributed by atoms with Crippen molar-refractivity contribution in [1.29, 1.82) is 0 Å². The van der Waals surface area contributed by atoms with Gasteiger partial charge in [-0.25, -0.2) is 4.79 Å². The van der Waals surface area contributed by atoms with Crippen LogP contribution in [0.1, 0.15) is 9.67 Å². The Morgan fingerprint density at radius 2 is 2.17 bits per heavy atom. The molecule has 12 heavy (non-hydrogen) atoms. The van der Waals surface area contributed by atoms with E-state index in [1.807, 2.05) is 0 Å². The van der Waals surface area contributed by atoms with Gasteiger partial charge in [0.15, 0.2) is 5.06 Å². The second-order valence-corrected chi connectivity index (χ2v) is 2.91. The first-order valence-electron chi connectivity index (χ1n) is 2.95. The number of hydrogen-bond donors (Lipinski definition) is 3. The van der Waals surface area contributed by atoms with Gasteiger partial charge >= 0.3 is 13.3 Å². The lowest BCUT2D eigenvalue weighted by atomic mass is 10.3. The fourth-order valence-electron chi connectivity index (χ4n) is 0.602. The minimum atomic E-state index is -1.91. The third-order valence-electron chi connectivity index (χ3n) is 1.01. The minimum Gasteiger partial charge on any atom is -0.504 e. The zero-order chi connectivity index (χ0) is 9.14. The summed E-state index contributed by atoms with van der Waals surface area (Å²) in [6.45, 7) is 0. The van der Waals surface area contributed by atoms with E-state index in [-0.39, 0.29) is 9.94 Å². The highest BCUT2D eigenvalue weighted by Crippen LogP contribution is 2.24. The van der Waals surface area contributed by atoms with Gasteiger partial charge in [0.1, 0.15) is 4.88 Å². The molecule has 7 heteroatoms. The van der Waals surface area contributed by atoms with Crippen molar-refractivity contribution in [3.63, 3.8) is 0 Å². The van der Waals surface area contributed by atoms with Crippen molar-refractivity contribution in [3.8, 4) is 5.06 Å². The van der Waals surface area contributed by atoms with Crippen LogP contribution in [0.15, 0.2) is 12.1 Å². The molecule has 0 spiro atoms. The number of rotatable bonds is 3.